The summed E-state index contributed by atoms with van der Waals surface area (Å²) >= 11 is 0. The maximum atomic E-state index is 10.5. The molecule has 0 spiro atoms. The number of hydrogen-bond donors (Lipinski definition) is 1. The van der Waals surface area contributed by atoms with Crippen LogP contribution in [0.1, 0.15) is 10.4 Å². The summed E-state index contributed by atoms with van der Waals surface area (Å²) in [6.07, 6.45) is 0. The van der Waals surface area contributed by atoms with Gasteiger partial charge in [-0.25, -0.2) is 4.79 Å². The van der Waals surface area contributed by atoms with Gasteiger partial charge in [-0.15, -0.1) is 0 Å². The van der Waals surface area contributed by atoms with Gasteiger partial charge in [-0.1, -0.05) is 6.07 Å². The molecule has 0 aliphatic heterocycles. The fourth-order valence-electron chi connectivity index (χ4n) is 0.879. The second kappa shape index (κ2) is 3.13. The van der Waals surface area contributed by atoms with E-state index in [0.717, 1.165) is 0 Å². The van der Waals surface area contributed by atoms with Gasteiger partial charge in [0.25, 0.3) is 0 Å². The Morgan fingerprint density at radius 2 is 2.25 bits per heavy atom. The highest BCUT2D eigenvalue weighted by atomic mass is 16.5. The van der Waals surface area contributed by atoms with Gasteiger partial charge in [-0.3, -0.25) is 5.73 Å². The third-order valence-corrected chi connectivity index (χ3v) is 1.48. The lowest BCUT2D eigenvalue weighted by molar-refractivity contribution is 0.0697. The molecule has 0 bridgehead atoms. The first-order valence-electron chi connectivity index (χ1n) is 3.28. The fraction of sp³-hybridized carbons (Fsp3) is 0.125. The van der Waals surface area contributed by atoms with Crippen LogP contribution in [0.2, 0.25) is 0 Å². The van der Waals surface area contributed by atoms with E-state index in [0.29, 0.717) is 0 Å². The van der Waals surface area contributed by atoms with Crippen LogP contribution in [0.3, 0.4) is 0 Å². The Bertz CT molecular complexity index is 309. The minimum atomic E-state index is -1.11. The minimum absolute atomic E-state index is 0.0469. The molecule has 0 unspecified atom stereocenters. The van der Waals surface area contributed by atoms with Gasteiger partial charge in [0.1, 0.15) is 11.4 Å². The van der Waals surface area contributed by atoms with Crippen molar-refractivity contribution in [3.05, 3.63) is 23.8 Å². The van der Waals surface area contributed by atoms with Crippen LogP contribution in [0.25, 0.3) is 0 Å². The molecule has 0 saturated carbocycles. The number of nitrogens with one attached hydrogen (secondary N) is 1. The standard InChI is InChI=1S/C8H8NO3/c1-12-6-4-2-3-5(7(6)9)8(10)11/h2-4,9H,1H3,(H,10,11). The van der Waals surface area contributed by atoms with E-state index in [4.69, 9.17) is 15.6 Å². The lowest BCUT2D eigenvalue weighted by atomic mass is 10.2. The predicted octanol–water partition coefficient (Wildman–Crippen LogP) is 1.31. The molecule has 0 atom stereocenters. The number of carbonyl (C=O) groups is 1. The molecule has 12 heavy (non-hydrogen) atoms. The van der Waals surface area contributed by atoms with Crippen LogP contribution in [0.5, 0.6) is 5.75 Å². The van der Waals surface area contributed by atoms with E-state index in [1.54, 1.807) is 12.1 Å². The molecule has 1 radical (unpaired) electrons. The zero-order valence-electron chi connectivity index (χ0n) is 6.50. The van der Waals surface area contributed by atoms with E-state index >= 15 is 0 Å². The number of aromatic carboxylic acids is 1. The first-order chi connectivity index (χ1) is 5.66. The normalized spacial score (nSPS) is 9.42. The lowest BCUT2D eigenvalue weighted by Crippen LogP contribution is -1.99. The van der Waals surface area contributed by atoms with Gasteiger partial charge < -0.3 is 9.84 Å². The average Bonchev–Trinajstić information content (AvgIpc) is 2.04. The van der Waals surface area contributed by atoms with Gasteiger partial charge in [-0.2, -0.15) is 0 Å². The molecule has 0 heterocycles. The number of methoxy groups -OCH3 is 1. The van der Waals surface area contributed by atoms with Gasteiger partial charge in [-0.05, 0) is 12.1 Å². The van der Waals surface area contributed by atoms with Crippen molar-refractivity contribution in [2.75, 3.05) is 7.11 Å². The second-order valence-electron chi connectivity index (χ2n) is 2.19. The van der Waals surface area contributed by atoms with Gasteiger partial charge in [0.05, 0.1) is 12.7 Å². The molecule has 1 rings (SSSR count). The van der Waals surface area contributed by atoms with Crippen molar-refractivity contribution < 1.29 is 14.6 Å². The van der Waals surface area contributed by atoms with Crippen molar-refractivity contribution in [3.63, 3.8) is 0 Å². The van der Waals surface area contributed by atoms with E-state index < -0.39 is 5.97 Å². The third kappa shape index (κ3) is 1.32. The van der Waals surface area contributed by atoms with Crippen molar-refractivity contribution >= 4 is 11.7 Å². The molecule has 0 saturated heterocycles. The Morgan fingerprint density at radius 3 is 2.75 bits per heavy atom. The first-order valence-corrected chi connectivity index (χ1v) is 3.28. The molecular weight excluding hydrogens is 158 g/mol. The van der Waals surface area contributed by atoms with E-state index in [9.17, 15) is 4.79 Å². The molecule has 0 amide bonds. The molecule has 0 aliphatic rings. The van der Waals surface area contributed by atoms with E-state index in [1.165, 1.54) is 13.2 Å². The van der Waals surface area contributed by atoms with Gasteiger partial charge >= 0.3 is 5.97 Å². The summed E-state index contributed by atoms with van der Waals surface area (Å²) in [5.74, 6) is -0.839. The van der Waals surface area contributed by atoms with Crippen LogP contribution >= 0.6 is 0 Å². The fourth-order valence-corrected chi connectivity index (χ4v) is 0.879. The maximum absolute atomic E-state index is 10.5. The van der Waals surface area contributed by atoms with Crippen LogP contribution in [0.15, 0.2) is 18.2 Å². The Hall–Kier alpha value is -1.71. The molecule has 0 fully saturated rings. The summed E-state index contributed by atoms with van der Waals surface area (Å²) in [6, 6.07) is 4.46. The summed E-state index contributed by atoms with van der Waals surface area (Å²) in [6.45, 7) is 0. The van der Waals surface area contributed by atoms with Crippen molar-refractivity contribution in [1.82, 2.24) is 5.73 Å². The maximum Gasteiger partial charge on any atom is 0.338 e. The summed E-state index contributed by atoms with van der Waals surface area (Å²) in [4.78, 5) is 10.5. The van der Waals surface area contributed by atoms with Crippen molar-refractivity contribution in [3.8, 4) is 5.75 Å². The highest BCUT2D eigenvalue weighted by molar-refractivity contribution is 5.94. The SMILES string of the molecule is COc1cccc(C(=O)O)c1[NH]. The van der Waals surface area contributed by atoms with Gasteiger partial charge in [0.2, 0.25) is 0 Å². The molecular formula is C8H8NO3. The minimum Gasteiger partial charge on any atom is -0.494 e. The second-order valence-corrected chi connectivity index (χ2v) is 2.19. The summed E-state index contributed by atoms with van der Waals surface area (Å²) in [5, 5.41) is 8.61. The predicted molar refractivity (Wildman–Crippen MR) is 42.7 cm³/mol. The number of benzene rings is 1. The van der Waals surface area contributed by atoms with Crippen LogP contribution < -0.4 is 10.5 Å². The van der Waals surface area contributed by atoms with E-state index in [2.05, 4.69) is 0 Å². The Morgan fingerprint density at radius 1 is 1.58 bits per heavy atom. The number of carboxylic acid groups (broad SMARTS) is 1. The summed E-state index contributed by atoms with van der Waals surface area (Å²) in [7, 11) is 1.40. The van der Waals surface area contributed by atoms with Crippen molar-refractivity contribution in [2.45, 2.75) is 0 Å². The van der Waals surface area contributed by atoms with E-state index in [1.807, 2.05) is 0 Å². The average molecular weight is 166 g/mol. The molecule has 2 N–H and O–H groups in total. The Kier molecular flexibility index (Phi) is 2.19. The highest BCUT2D eigenvalue weighted by Crippen LogP contribution is 2.25. The quantitative estimate of drug-likeness (QED) is 0.719. The Balaban J connectivity index is 3.23. The van der Waals surface area contributed by atoms with Crippen LogP contribution in [-0.4, -0.2) is 18.2 Å². The topological polar surface area (TPSA) is 70.3 Å². The number of rotatable bonds is 2. The molecule has 0 aromatic heterocycles. The number of carboxylic acids is 1. The van der Waals surface area contributed by atoms with Crippen molar-refractivity contribution in [1.29, 1.82) is 0 Å². The number of ether oxygens (including phenoxy) is 1. The molecule has 4 nitrogen and oxygen atoms in total. The molecule has 4 heteroatoms. The lowest BCUT2D eigenvalue weighted by Gasteiger charge is -2.04. The molecule has 63 valence electrons. The molecule has 1 aromatic carbocycles. The van der Waals surface area contributed by atoms with Crippen LogP contribution in [0, 0.1) is 0 Å². The largest absolute Gasteiger partial charge is 0.494 e. The van der Waals surface area contributed by atoms with Crippen molar-refractivity contribution in [2.24, 2.45) is 0 Å². The smallest absolute Gasteiger partial charge is 0.338 e. The Labute approximate surface area is 69.6 Å². The van der Waals surface area contributed by atoms with E-state index in [-0.39, 0.29) is 17.0 Å². The zero-order valence-corrected chi connectivity index (χ0v) is 6.50. The molecule has 1 aromatic rings. The zero-order chi connectivity index (χ0) is 9.14. The highest BCUT2D eigenvalue weighted by Gasteiger charge is 2.11. The van der Waals surface area contributed by atoms with Crippen LogP contribution in [0.4, 0.5) is 5.69 Å². The molecule has 0 aliphatic carbocycles. The van der Waals surface area contributed by atoms with Gasteiger partial charge in [0, 0.05) is 0 Å². The summed E-state index contributed by atoms with van der Waals surface area (Å²) in [5.41, 5.74) is 7.23. The number of hydrogen-bond acceptors (Lipinski definition) is 2. The third-order valence-electron chi connectivity index (χ3n) is 1.48. The van der Waals surface area contributed by atoms with Crippen LogP contribution in [-0.2, 0) is 0 Å². The summed E-state index contributed by atoms with van der Waals surface area (Å²) < 4.78 is 4.78. The first kappa shape index (κ1) is 8.39. The van der Waals surface area contributed by atoms with Gasteiger partial charge in [0.15, 0.2) is 0 Å². The monoisotopic (exact) mass is 166 g/mol.